The second-order valence-corrected chi connectivity index (χ2v) is 2.94. The summed E-state index contributed by atoms with van der Waals surface area (Å²) in [5, 5.41) is 9.31. The number of hydrogen-bond acceptors (Lipinski definition) is 4. The van der Waals surface area contributed by atoms with E-state index in [4.69, 9.17) is 14.2 Å². The average Bonchev–Trinajstić information content (AvgIpc) is 2.53. The van der Waals surface area contributed by atoms with E-state index in [0.717, 1.165) is 0 Å². The standard InChI is InChI=1S/C7H12O4/c1-9-5-3-11-6-4(8)2-10-7(5)6/h4-8H,2-3H2,1H3/t4-,5+,6?,7?/m0/s1. The Hall–Kier alpha value is -0.160. The summed E-state index contributed by atoms with van der Waals surface area (Å²) in [6.07, 6.45) is -0.702. The van der Waals surface area contributed by atoms with Crippen LogP contribution in [-0.2, 0) is 14.2 Å². The van der Waals surface area contributed by atoms with Crippen LogP contribution in [0, 0.1) is 0 Å². The molecule has 1 N–H and O–H groups in total. The minimum atomic E-state index is -0.472. The van der Waals surface area contributed by atoms with E-state index in [2.05, 4.69) is 0 Å². The molecule has 4 atom stereocenters. The van der Waals surface area contributed by atoms with Crippen molar-refractivity contribution in [3.63, 3.8) is 0 Å². The second-order valence-electron chi connectivity index (χ2n) is 2.94. The molecule has 2 aliphatic rings. The van der Waals surface area contributed by atoms with Crippen molar-refractivity contribution in [3.05, 3.63) is 0 Å². The summed E-state index contributed by atoms with van der Waals surface area (Å²) in [5.74, 6) is 0. The Balaban J connectivity index is 2.04. The first-order valence-corrected chi connectivity index (χ1v) is 3.77. The summed E-state index contributed by atoms with van der Waals surface area (Å²) in [5.41, 5.74) is 0. The van der Waals surface area contributed by atoms with Crippen molar-refractivity contribution in [2.75, 3.05) is 20.3 Å². The molecular formula is C7H12O4. The minimum Gasteiger partial charge on any atom is -0.388 e. The largest absolute Gasteiger partial charge is 0.388 e. The molecule has 0 saturated carbocycles. The molecule has 2 aliphatic heterocycles. The Morgan fingerprint density at radius 1 is 1.27 bits per heavy atom. The van der Waals surface area contributed by atoms with Gasteiger partial charge in [0, 0.05) is 7.11 Å². The van der Waals surface area contributed by atoms with Crippen LogP contribution in [0.4, 0.5) is 0 Å². The predicted molar refractivity (Wildman–Crippen MR) is 36.3 cm³/mol. The maximum atomic E-state index is 9.31. The van der Waals surface area contributed by atoms with Crippen LogP contribution in [0.25, 0.3) is 0 Å². The van der Waals surface area contributed by atoms with Crippen LogP contribution < -0.4 is 0 Å². The number of rotatable bonds is 1. The van der Waals surface area contributed by atoms with Gasteiger partial charge in [-0.05, 0) is 0 Å². The number of aliphatic hydroxyl groups is 1. The molecule has 0 aromatic heterocycles. The van der Waals surface area contributed by atoms with Crippen LogP contribution in [0.15, 0.2) is 0 Å². The van der Waals surface area contributed by atoms with Crippen molar-refractivity contribution in [1.82, 2.24) is 0 Å². The Labute approximate surface area is 65.1 Å². The Bertz CT molecular complexity index is 149. The summed E-state index contributed by atoms with van der Waals surface area (Å²) in [4.78, 5) is 0. The van der Waals surface area contributed by atoms with Crippen LogP contribution in [-0.4, -0.2) is 49.8 Å². The monoisotopic (exact) mass is 160 g/mol. The zero-order valence-corrected chi connectivity index (χ0v) is 6.40. The summed E-state index contributed by atoms with van der Waals surface area (Å²) >= 11 is 0. The highest BCUT2D eigenvalue weighted by atomic mass is 16.6. The fourth-order valence-corrected chi connectivity index (χ4v) is 1.65. The van der Waals surface area contributed by atoms with Crippen molar-refractivity contribution >= 4 is 0 Å². The predicted octanol–water partition coefficient (Wildman–Crippen LogP) is -0.840. The number of aliphatic hydroxyl groups excluding tert-OH is 1. The molecule has 4 heteroatoms. The van der Waals surface area contributed by atoms with Gasteiger partial charge in [-0.15, -0.1) is 0 Å². The summed E-state index contributed by atoms with van der Waals surface area (Å²) in [7, 11) is 1.63. The van der Waals surface area contributed by atoms with Crippen LogP contribution >= 0.6 is 0 Å². The molecule has 0 radical (unpaired) electrons. The fourth-order valence-electron chi connectivity index (χ4n) is 1.65. The first-order valence-electron chi connectivity index (χ1n) is 3.77. The molecular weight excluding hydrogens is 148 g/mol. The van der Waals surface area contributed by atoms with Crippen LogP contribution in [0.3, 0.4) is 0 Å². The molecule has 0 spiro atoms. The maximum absolute atomic E-state index is 9.31. The maximum Gasteiger partial charge on any atom is 0.115 e. The van der Waals surface area contributed by atoms with E-state index in [9.17, 15) is 5.11 Å². The molecule has 64 valence electrons. The van der Waals surface area contributed by atoms with Gasteiger partial charge >= 0.3 is 0 Å². The van der Waals surface area contributed by atoms with Gasteiger partial charge in [0.05, 0.1) is 13.2 Å². The third-order valence-corrected chi connectivity index (χ3v) is 2.28. The van der Waals surface area contributed by atoms with Gasteiger partial charge in [-0.25, -0.2) is 0 Å². The quantitative estimate of drug-likeness (QED) is 0.543. The Morgan fingerprint density at radius 2 is 2.00 bits per heavy atom. The van der Waals surface area contributed by atoms with Gasteiger partial charge in [-0.1, -0.05) is 0 Å². The molecule has 2 rings (SSSR count). The Kier molecular flexibility index (Phi) is 1.85. The van der Waals surface area contributed by atoms with Crippen LogP contribution in [0.5, 0.6) is 0 Å². The number of methoxy groups -OCH3 is 1. The molecule has 2 unspecified atom stereocenters. The number of fused-ring (bicyclic) bond motifs is 1. The molecule has 2 fully saturated rings. The smallest absolute Gasteiger partial charge is 0.115 e. The SMILES string of the molecule is CO[C@@H]1COC2C1OC[C@@H]2O. The molecule has 2 heterocycles. The van der Waals surface area contributed by atoms with Crippen LogP contribution in [0.1, 0.15) is 0 Å². The highest BCUT2D eigenvalue weighted by molar-refractivity contribution is 4.94. The first-order chi connectivity index (χ1) is 5.33. The molecule has 11 heavy (non-hydrogen) atoms. The van der Waals surface area contributed by atoms with Crippen molar-refractivity contribution in [1.29, 1.82) is 0 Å². The van der Waals surface area contributed by atoms with Gasteiger partial charge < -0.3 is 19.3 Å². The number of hydrogen-bond donors (Lipinski definition) is 1. The molecule has 0 aliphatic carbocycles. The van der Waals surface area contributed by atoms with Crippen LogP contribution in [0.2, 0.25) is 0 Å². The second kappa shape index (κ2) is 2.71. The molecule has 0 amide bonds. The van der Waals surface area contributed by atoms with Gasteiger partial charge in [0.15, 0.2) is 0 Å². The lowest BCUT2D eigenvalue weighted by atomic mass is 10.1. The van der Waals surface area contributed by atoms with E-state index >= 15 is 0 Å². The zero-order valence-electron chi connectivity index (χ0n) is 6.40. The number of ether oxygens (including phenoxy) is 3. The van der Waals surface area contributed by atoms with Gasteiger partial charge in [0.25, 0.3) is 0 Å². The molecule has 2 saturated heterocycles. The van der Waals surface area contributed by atoms with Crippen molar-refractivity contribution in [2.24, 2.45) is 0 Å². The van der Waals surface area contributed by atoms with E-state index in [1.54, 1.807) is 7.11 Å². The van der Waals surface area contributed by atoms with Gasteiger partial charge in [-0.3, -0.25) is 0 Å². The lowest BCUT2D eigenvalue weighted by Crippen LogP contribution is -2.32. The highest BCUT2D eigenvalue weighted by Crippen LogP contribution is 2.28. The van der Waals surface area contributed by atoms with E-state index < -0.39 is 6.10 Å². The fraction of sp³-hybridized carbons (Fsp3) is 1.00. The van der Waals surface area contributed by atoms with Gasteiger partial charge in [0.2, 0.25) is 0 Å². The normalized spacial score (nSPS) is 49.6. The molecule has 0 aromatic carbocycles. The summed E-state index contributed by atoms with van der Waals surface area (Å²) in [6.45, 7) is 0.901. The zero-order chi connectivity index (χ0) is 7.84. The van der Waals surface area contributed by atoms with Gasteiger partial charge in [-0.2, -0.15) is 0 Å². The summed E-state index contributed by atoms with van der Waals surface area (Å²) in [6, 6.07) is 0. The summed E-state index contributed by atoms with van der Waals surface area (Å²) < 4.78 is 15.7. The average molecular weight is 160 g/mol. The van der Waals surface area contributed by atoms with Gasteiger partial charge in [0.1, 0.15) is 24.4 Å². The topological polar surface area (TPSA) is 47.9 Å². The highest BCUT2D eigenvalue weighted by Gasteiger charge is 2.47. The molecule has 0 bridgehead atoms. The molecule has 0 aromatic rings. The van der Waals surface area contributed by atoms with E-state index in [1.807, 2.05) is 0 Å². The van der Waals surface area contributed by atoms with E-state index in [1.165, 1.54) is 0 Å². The third kappa shape index (κ3) is 1.06. The first kappa shape index (κ1) is 7.49. The Morgan fingerprint density at radius 3 is 2.73 bits per heavy atom. The van der Waals surface area contributed by atoms with Crippen molar-refractivity contribution in [3.8, 4) is 0 Å². The van der Waals surface area contributed by atoms with Crippen molar-refractivity contribution < 1.29 is 19.3 Å². The lowest BCUT2D eigenvalue weighted by molar-refractivity contribution is -0.0168. The third-order valence-electron chi connectivity index (χ3n) is 2.28. The minimum absolute atomic E-state index is 0.00264. The van der Waals surface area contributed by atoms with E-state index in [-0.39, 0.29) is 18.3 Å². The van der Waals surface area contributed by atoms with Crippen molar-refractivity contribution in [2.45, 2.75) is 24.4 Å². The molecule has 4 nitrogen and oxygen atoms in total. The lowest BCUT2D eigenvalue weighted by Gasteiger charge is -2.12. The van der Waals surface area contributed by atoms with E-state index in [0.29, 0.717) is 13.2 Å².